The number of aromatic nitrogens is 4. The van der Waals surface area contributed by atoms with Gasteiger partial charge in [-0.2, -0.15) is 0 Å². The Morgan fingerprint density at radius 1 is 0.868 bits per heavy atom. The van der Waals surface area contributed by atoms with E-state index in [2.05, 4.69) is 46.9 Å². The first-order valence-electron chi connectivity index (χ1n) is 12.6. The van der Waals surface area contributed by atoms with Crippen molar-refractivity contribution in [3.63, 3.8) is 0 Å². The first kappa shape index (κ1) is 25.5. The molecule has 194 valence electrons. The normalized spacial score (nSPS) is 12.5. The van der Waals surface area contributed by atoms with Crippen LogP contribution < -0.4 is 5.48 Å². The van der Waals surface area contributed by atoms with Crippen LogP contribution in [0.4, 0.5) is 5.82 Å². The maximum atomic E-state index is 10.6. The minimum Gasteiger partial charge on any atom is -0.389 e. The van der Waals surface area contributed by atoms with Crippen molar-refractivity contribution in [2.75, 3.05) is 25.8 Å². The first-order chi connectivity index (χ1) is 18.7. The summed E-state index contributed by atoms with van der Waals surface area (Å²) in [7, 11) is 1.54. The average Bonchev–Trinajstić information content (AvgIpc) is 3.37. The lowest BCUT2D eigenvalue weighted by atomic mass is 9.68. The van der Waals surface area contributed by atoms with Gasteiger partial charge in [0, 0.05) is 6.61 Å². The van der Waals surface area contributed by atoms with Crippen LogP contribution in [0.5, 0.6) is 0 Å². The Morgan fingerprint density at radius 2 is 1.42 bits per heavy atom. The van der Waals surface area contributed by atoms with Crippen LogP contribution in [0, 0.1) is 0 Å². The van der Waals surface area contributed by atoms with Gasteiger partial charge < -0.3 is 14.4 Å². The van der Waals surface area contributed by atoms with Gasteiger partial charge in [0.05, 0.1) is 32.7 Å². The van der Waals surface area contributed by atoms with Crippen molar-refractivity contribution in [3.8, 4) is 0 Å². The predicted molar refractivity (Wildman–Crippen MR) is 147 cm³/mol. The number of hydrogen-bond acceptors (Lipinski definition) is 7. The topological polar surface area (TPSA) is 94.3 Å². The summed E-state index contributed by atoms with van der Waals surface area (Å²) >= 11 is 0. The van der Waals surface area contributed by atoms with E-state index in [-0.39, 0.29) is 13.2 Å². The van der Waals surface area contributed by atoms with Gasteiger partial charge in [0.2, 0.25) is 0 Å². The van der Waals surface area contributed by atoms with Gasteiger partial charge in [-0.1, -0.05) is 91.0 Å². The highest BCUT2D eigenvalue weighted by molar-refractivity contribution is 5.83. The Hall–Kier alpha value is -4.11. The van der Waals surface area contributed by atoms with Crippen molar-refractivity contribution in [1.82, 2.24) is 19.5 Å². The molecule has 3 aromatic carbocycles. The van der Waals surface area contributed by atoms with Gasteiger partial charge in [-0.05, 0) is 23.6 Å². The highest BCUT2D eigenvalue weighted by Crippen LogP contribution is 2.44. The molecule has 0 unspecified atom stereocenters. The van der Waals surface area contributed by atoms with Gasteiger partial charge in [0.15, 0.2) is 22.8 Å². The van der Waals surface area contributed by atoms with Crippen molar-refractivity contribution in [3.05, 3.63) is 120 Å². The van der Waals surface area contributed by atoms with Crippen molar-refractivity contribution >= 4 is 17.0 Å². The number of aliphatic hydroxyl groups excluding tert-OH is 1. The Balaban J connectivity index is 1.82. The van der Waals surface area contributed by atoms with E-state index in [0.29, 0.717) is 29.4 Å². The third-order valence-corrected chi connectivity index (χ3v) is 6.54. The van der Waals surface area contributed by atoms with Crippen molar-refractivity contribution in [2.24, 2.45) is 0 Å². The fourth-order valence-corrected chi connectivity index (χ4v) is 4.90. The van der Waals surface area contributed by atoms with Crippen LogP contribution in [0.15, 0.2) is 97.3 Å². The molecule has 0 radical (unpaired) electrons. The van der Waals surface area contributed by atoms with Crippen LogP contribution in [0.3, 0.4) is 0 Å². The molecule has 8 nitrogen and oxygen atoms in total. The third kappa shape index (κ3) is 4.77. The van der Waals surface area contributed by atoms with Crippen LogP contribution in [-0.2, 0) is 21.5 Å². The summed E-state index contributed by atoms with van der Waals surface area (Å²) in [6, 6.07) is 30.7. The predicted octanol–water partition coefficient (Wildman–Crippen LogP) is 4.58. The molecule has 5 aromatic rings. The molecular formula is C30H31N5O3. The smallest absolute Gasteiger partial charge is 0.181 e. The molecule has 8 heteroatoms. The zero-order chi connectivity index (χ0) is 26.4. The number of nitrogens with one attached hydrogen (secondary N) is 1. The molecular weight excluding hydrogens is 478 g/mol. The molecule has 0 saturated carbocycles. The second kappa shape index (κ2) is 11.5. The number of aliphatic hydroxyl groups is 1. The van der Waals surface area contributed by atoms with Gasteiger partial charge in [-0.25, -0.2) is 20.4 Å². The number of hydrogen-bond donors (Lipinski definition) is 2. The molecule has 2 heterocycles. The number of benzene rings is 3. The number of imidazole rings is 1. The molecule has 0 aliphatic carbocycles. The summed E-state index contributed by atoms with van der Waals surface area (Å²) in [6.45, 7) is 2.93. The van der Waals surface area contributed by atoms with Crippen LogP contribution >= 0.6 is 0 Å². The van der Waals surface area contributed by atoms with Crippen LogP contribution in [0.2, 0.25) is 0 Å². The molecule has 0 spiro atoms. The number of nitrogens with zero attached hydrogens (tertiary/aromatic N) is 4. The zero-order valence-corrected chi connectivity index (χ0v) is 21.5. The van der Waals surface area contributed by atoms with Crippen molar-refractivity contribution in [1.29, 1.82) is 0 Å². The molecule has 0 aliphatic heterocycles. The molecule has 0 saturated heterocycles. The standard InChI is InChI=1S/C30H31N5O3/c1-3-38-20-25(36)19-35-21-31-26-27(34-37-2)32-29(33-28(26)35)30(22-13-7-4-8-14-22,23-15-9-5-10-16-23)24-17-11-6-12-18-24/h4-18,21,25,36H,3,19-20H2,1-2H3,(H,32,33,34)/t25-/m0/s1. The number of fused-ring (bicyclic) bond motifs is 1. The Kier molecular flexibility index (Phi) is 7.74. The quantitative estimate of drug-likeness (QED) is 0.199. The summed E-state index contributed by atoms with van der Waals surface area (Å²) in [6.07, 6.45) is 0.945. The van der Waals surface area contributed by atoms with Crippen LogP contribution in [0.1, 0.15) is 29.4 Å². The summed E-state index contributed by atoms with van der Waals surface area (Å²) in [5.41, 5.74) is 6.23. The van der Waals surface area contributed by atoms with E-state index in [0.717, 1.165) is 16.7 Å². The first-order valence-corrected chi connectivity index (χ1v) is 12.6. The van der Waals surface area contributed by atoms with E-state index in [1.165, 1.54) is 7.11 Å². The Labute approximate surface area is 221 Å². The molecule has 0 amide bonds. The number of rotatable bonds is 11. The lowest BCUT2D eigenvalue weighted by Crippen LogP contribution is -2.33. The van der Waals surface area contributed by atoms with Gasteiger partial charge in [0.25, 0.3) is 0 Å². The van der Waals surface area contributed by atoms with Crippen LogP contribution in [0.25, 0.3) is 11.2 Å². The monoisotopic (exact) mass is 509 g/mol. The molecule has 5 rings (SSSR count). The number of anilines is 1. The molecule has 2 N–H and O–H groups in total. The van der Waals surface area contributed by atoms with Gasteiger partial charge in [0.1, 0.15) is 5.41 Å². The van der Waals surface area contributed by atoms with E-state index in [4.69, 9.17) is 19.5 Å². The van der Waals surface area contributed by atoms with E-state index >= 15 is 0 Å². The van der Waals surface area contributed by atoms with E-state index in [1.807, 2.05) is 66.1 Å². The fourth-order valence-electron chi connectivity index (χ4n) is 4.90. The molecule has 0 aliphatic rings. The molecule has 38 heavy (non-hydrogen) atoms. The zero-order valence-electron chi connectivity index (χ0n) is 21.5. The molecule has 0 bridgehead atoms. The molecule has 1 atom stereocenters. The SMILES string of the molecule is CCOC[C@@H](O)Cn1cnc2c(NOC)nc(C(c3ccccc3)(c3ccccc3)c3ccccc3)nc21. The fraction of sp³-hybridized carbons (Fsp3) is 0.233. The lowest BCUT2D eigenvalue weighted by Gasteiger charge is -2.34. The summed E-state index contributed by atoms with van der Waals surface area (Å²) in [4.78, 5) is 20.0. The summed E-state index contributed by atoms with van der Waals surface area (Å²) < 4.78 is 7.25. The van der Waals surface area contributed by atoms with Crippen molar-refractivity contribution < 1.29 is 14.7 Å². The highest BCUT2D eigenvalue weighted by Gasteiger charge is 2.42. The van der Waals surface area contributed by atoms with E-state index in [1.54, 1.807) is 6.33 Å². The Morgan fingerprint density at radius 3 is 1.92 bits per heavy atom. The molecule has 0 fully saturated rings. The van der Waals surface area contributed by atoms with Crippen LogP contribution in [-0.4, -0.2) is 51.1 Å². The van der Waals surface area contributed by atoms with Gasteiger partial charge in [-0.3, -0.25) is 4.84 Å². The average molecular weight is 510 g/mol. The maximum Gasteiger partial charge on any atom is 0.181 e. The Bertz CT molecular complexity index is 1360. The minimum atomic E-state index is -0.846. The third-order valence-electron chi connectivity index (χ3n) is 6.54. The lowest BCUT2D eigenvalue weighted by molar-refractivity contribution is 0.0340. The second-order valence-corrected chi connectivity index (χ2v) is 8.93. The maximum absolute atomic E-state index is 10.6. The van der Waals surface area contributed by atoms with Gasteiger partial charge >= 0.3 is 0 Å². The van der Waals surface area contributed by atoms with E-state index in [9.17, 15) is 5.11 Å². The van der Waals surface area contributed by atoms with E-state index < -0.39 is 11.5 Å². The second-order valence-electron chi connectivity index (χ2n) is 8.93. The number of ether oxygens (including phenoxy) is 1. The largest absolute Gasteiger partial charge is 0.389 e. The molecule has 2 aromatic heterocycles. The van der Waals surface area contributed by atoms with Gasteiger partial charge in [-0.15, -0.1) is 0 Å². The van der Waals surface area contributed by atoms with Crippen molar-refractivity contribution in [2.45, 2.75) is 25.0 Å². The minimum absolute atomic E-state index is 0.222. The summed E-state index contributed by atoms with van der Waals surface area (Å²) in [5.74, 6) is 0.993. The summed E-state index contributed by atoms with van der Waals surface area (Å²) in [5, 5.41) is 10.6. The highest BCUT2D eigenvalue weighted by atomic mass is 16.6.